The van der Waals surface area contributed by atoms with Crippen LogP contribution in [0.25, 0.3) is 0 Å². The van der Waals surface area contributed by atoms with E-state index in [1.807, 2.05) is 22.6 Å². The quantitative estimate of drug-likeness (QED) is 0.453. The molecule has 0 unspecified atom stereocenters. The second kappa shape index (κ2) is 4.52. The Morgan fingerprint density at radius 1 is 1.46 bits per heavy atom. The van der Waals surface area contributed by atoms with Crippen LogP contribution >= 0.6 is 22.6 Å². The van der Waals surface area contributed by atoms with Crippen LogP contribution in [0.2, 0.25) is 0 Å². The molecule has 0 saturated carbocycles. The van der Waals surface area contributed by atoms with Gasteiger partial charge in [-0.1, -0.05) is 36.4 Å². The molecule has 0 aromatic carbocycles. The van der Waals surface area contributed by atoms with Gasteiger partial charge in [0.25, 0.3) is 0 Å². The fourth-order valence-electron chi connectivity index (χ4n) is 0.837. The van der Waals surface area contributed by atoms with Crippen molar-refractivity contribution in [1.82, 2.24) is 0 Å². The van der Waals surface area contributed by atoms with Crippen LogP contribution in [-0.4, -0.2) is 21.9 Å². The minimum atomic E-state index is -3.37. The predicted octanol–water partition coefficient (Wildman–Crippen LogP) is 2.79. The Hall–Kier alpha value is 0.0600. The van der Waals surface area contributed by atoms with E-state index in [0.717, 1.165) is 0 Å². The smallest absolute Gasteiger partial charge is 0.377 e. The molecule has 0 radical (unpaired) electrons. The van der Waals surface area contributed by atoms with Gasteiger partial charge in [-0.15, -0.1) is 0 Å². The molecule has 2 nitrogen and oxygen atoms in total. The molecule has 0 aliphatic rings. The zero-order chi connectivity index (χ0) is 10.7. The zero-order valence-corrected chi connectivity index (χ0v) is 10.0. The molecule has 0 bridgehead atoms. The van der Waals surface area contributed by atoms with Gasteiger partial charge in [0.2, 0.25) is 0 Å². The van der Waals surface area contributed by atoms with Crippen molar-refractivity contribution >= 4 is 28.6 Å². The molecule has 0 N–H and O–H groups in total. The van der Waals surface area contributed by atoms with E-state index in [0.29, 0.717) is 0 Å². The number of ether oxygens (including phenoxy) is 1. The van der Waals surface area contributed by atoms with Crippen LogP contribution in [0.4, 0.5) is 8.78 Å². The summed E-state index contributed by atoms with van der Waals surface area (Å²) in [6.45, 7) is 4.76. The summed E-state index contributed by atoms with van der Waals surface area (Å²) in [5.74, 6) is -4.81. The highest BCUT2D eigenvalue weighted by atomic mass is 127. The molecule has 78 valence electrons. The van der Waals surface area contributed by atoms with Gasteiger partial charge in [-0.05, 0) is 6.92 Å². The highest BCUT2D eigenvalue weighted by Gasteiger charge is 2.44. The standard InChI is InChI=1S/C8H13F2IO2/c1-4-13-6(12)8(9,10)5-7(2,3)11/h4-5H2,1-3H3. The normalized spacial score (nSPS) is 12.8. The van der Waals surface area contributed by atoms with E-state index in [1.54, 1.807) is 13.8 Å². The lowest BCUT2D eigenvalue weighted by Gasteiger charge is -2.22. The maximum Gasteiger partial charge on any atom is 0.377 e. The van der Waals surface area contributed by atoms with Crippen LogP contribution in [0.15, 0.2) is 0 Å². The van der Waals surface area contributed by atoms with Gasteiger partial charge in [0.05, 0.1) is 6.61 Å². The van der Waals surface area contributed by atoms with Gasteiger partial charge in [0.1, 0.15) is 0 Å². The summed E-state index contributed by atoms with van der Waals surface area (Å²) >= 11 is 1.88. The molecule has 0 aliphatic carbocycles. The summed E-state index contributed by atoms with van der Waals surface area (Å²) in [5, 5.41) is 0. The molecule has 0 rings (SSSR count). The molecule has 0 fully saturated rings. The minimum Gasteiger partial charge on any atom is -0.462 e. The molecule has 0 saturated heterocycles. The second-order valence-corrected chi connectivity index (χ2v) is 6.24. The number of hydrogen-bond donors (Lipinski definition) is 0. The molecular formula is C8H13F2IO2. The third kappa shape index (κ3) is 5.38. The number of hydrogen-bond acceptors (Lipinski definition) is 2. The monoisotopic (exact) mass is 306 g/mol. The Morgan fingerprint density at radius 3 is 2.23 bits per heavy atom. The van der Waals surface area contributed by atoms with Gasteiger partial charge < -0.3 is 4.74 Å². The van der Waals surface area contributed by atoms with E-state index in [4.69, 9.17) is 0 Å². The Morgan fingerprint density at radius 2 is 1.92 bits per heavy atom. The molecule has 0 aliphatic heterocycles. The fraction of sp³-hybridized carbons (Fsp3) is 0.875. The average Bonchev–Trinajstić information content (AvgIpc) is 1.82. The summed E-state index contributed by atoms with van der Waals surface area (Å²) in [5.41, 5.74) is 0. The minimum absolute atomic E-state index is 0.0178. The van der Waals surface area contributed by atoms with Crippen LogP contribution in [0, 0.1) is 0 Å². The number of esters is 1. The van der Waals surface area contributed by atoms with Crippen molar-refractivity contribution in [2.24, 2.45) is 0 Å². The predicted molar refractivity (Wildman–Crippen MR) is 54.3 cm³/mol. The Balaban J connectivity index is 4.30. The van der Waals surface area contributed by atoms with E-state index in [2.05, 4.69) is 4.74 Å². The summed E-state index contributed by atoms with van der Waals surface area (Å²) in [6.07, 6.45) is -0.501. The first-order valence-electron chi connectivity index (χ1n) is 3.93. The van der Waals surface area contributed by atoms with Crippen molar-refractivity contribution in [2.75, 3.05) is 6.61 Å². The maximum atomic E-state index is 13.0. The highest BCUT2D eigenvalue weighted by molar-refractivity contribution is 14.1. The second-order valence-electron chi connectivity index (χ2n) is 3.32. The summed E-state index contributed by atoms with van der Waals surface area (Å²) in [6, 6.07) is 0. The number of carbonyl (C=O) groups excluding carboxylic acids is 1. The van der Waals surface area contributed by atoms with Crippen LogP contribution in [-0.2, 0) is 9.53 Å². The van der Waals surface area contributed by atoms with Crippen molar-refractivity contribution in [3.63, 3.8) is 0 Å². The number of alkyl halides is 3. The summed E-state index contributed by atoms with van der Waals surface area (Å²) < 4.78 is 29.7. The molecule has 0 heterocycles. The molecular weight excluding hydrogens is 293 g/mol. The van der Waals surface area contributed by atoms with Crippen molar-refractivity contribution in [2.45, 2.75) is 36.5 Å². The highest BCUT2D eigenvalue weighted by Crippen LogP contribution is 2.32. The van der Waals surface area contributed by atoms with Gasteiger partial charge in [-0.3, -0.25) is 0 Å². The van der Waals surface area contributed by atoms with Gasteiger partial charge in [0, 0.05) is 9.84 Å². The molecule has 0 spiro atoms. The largest absolute Gasteiger partial charge is 0.462 e. The van der Waals surface area contributed by atoms with Gasteiger partial charge in [0.15, 0.2) is 0 Å². The molecule has 0 aromatic rings. The lowest BCUT2D eigenvalue weighted by atomic mass is 10.1. The first-order valence-corrected chi connectivity index (χ1v) is 5.01. The van der Waals surface area contributed by atoms with E-state index >= 15 is 0 Å². The van der Waals surface area contributed by atoms with Crippen LogP contribution in [0.3, 0.4) is 0 Å². The number of halogens is 3. The molecule has 0 aromatic heterocycles. The Labute approximate surface area is 90.2 Å². The third-order valence-corrected chi connectivity index (χ3v) is 1.60. The molecule has 5 heteroatoms. The van der Waals surface area contributed by atoms with Gasteiger partial charge in [-0.2, -0.15) is 8.78 Å². The van der Waals surface area contributed by atoms with E-state index in [9.17, 15) is 13.6 Å². The van der Waals surface area contributed by atoms with Crippen molar-refractivity contribution < 1.29 is 18.3 Å². The summed E-state index contributed by atoms with van der Waals surface area (Å²) in [4.78, 5) is 10.8. The van der Waals surface area contributed by atoms with Crippen molar-refractivity contribution in [3.05, 3.63) is 0 Å². The number of rotatable bonds is 4. The summed E-state index contributed by atoms with van der Waals surface area (Å²) in [7, 11) is 0. The number of carbonyl (C=O) groups is 1. The molecule has 13 heavy (non-hydrogen) atoms. The van der Waals surface area contributed by atoms with Crippen LogP contribution in [0.5, 0.6) is 0 Å². The Kier molecular flexibility index (Phi) is 4.54. The zero-order valence-electron chi connectivity index (χ0n) is 7.86. The van der Waals surface area contributed by atoms with E-state index in [-0.39, 0.29) is 6.61 Å². The lowest BCUT2D eigenvalue weighted by Crippen LogP contribution is -2.36. The molecule has 0 amide bonds. The topological polar surface area (TPSA) is 26.3 Å². The van der Waals surface area contributed by atoms with E-state index < -0.39 is 21.7 Å². The Bertz CT molecular complexity index is 187. The third-order valence-electron chi connectivity index (χ3n) is 1.22. The first kappa shape index (κ1) is 13.1. The molecule has 0 atom stereocenters. The van der Waals surface area contributed by atoms with Gasteiger partial charge in [-0.25, -0.2) is 4.79 Å². The SMILES string of the molecule is CCOC(=O)C(F)(F)CC(C)(C)I. The average molecular weight is 306 g/mol. The first-order chi connectivity index (χ1) is 5.69. The maximum absolute atomic E-state index is 13.0. The fourth-order valence-corrected chi connectivity index (χ4v) is 1.32. The van der Waals surface area contributed by atoms with Crippen LogP contribution in [0.1, 0.15) is 27.2 Å². The van der Waals surface area contributed by atoms with Crippen LogP contribution < -0.4 is 0 Å². The van der Waals surface area contributed by atoms with Crippen molar-refractivity contribution in [1.29, 1.82) is 0 Å². The lowest BCUT2D eigenvalue weighted by molar-refractivity contribution is -0.172. The van der Waals surface area contributed by atoms with E-state index in [1.165, 1.54) is 6.92 Å². The van der Waals surface area contributed by atoms with Gasteiger partial charge >= 0.3 is 11.9 Å². The van der Waals surface area contributed by atoms with Crippen molar-refractivity contribution in [3.8, 4) is 0 Å².